The van der Waals surface area contributed by atoms with Gasteiger partial charge in [-0.15, -0.1) is 0 Å². The van der Waals surface area contributed by atoms with Gasteiger partial charge in [0.15, 0.2) is 0 Å². The fraction of sp³-hybridized carbons (Fsp3) is 0. The minimum absolute atomic E-state index is 0.120. The Labute approximate surface area is 124 Å². The highest BCUT2D eigenvalue weighted by molar-refractivity contribution is 9.10. The predicted molar refractivity (Wildman–Crippen MR) is 81.1 cm³/mol. The van der Waals surface area contributed by atoms with E-state index in [0.717, 1.165) is 21.4 Å². The quantitative estimate of drug-likeness (QED) is 0.720. The molecule has 0 fully saturated rings. The molecule has 0 saturated heterocycles. The molecule has 0 saturated carbocycles. The van der Waals surface area contributed by atoms with Gasteiger partial charge >= 0.3 is 0 Å². The highest BCUT2D eigenvalue weighted by Gasteiger charge is 2.10. The van der Waals surface area contributed by atoms with E-state index in [1.54, 1.807) is 24.7 Å². The summed E-state index contributed by atoms with van der Waals surface area (Å²) in [5, 5.41) is 0. The van der Waals surface area contributed by atoms with Crippen LogP contribution in [0.2, 0.25) is 0 Å². The molecule has 0 bridgehead atoms. The lowest BCUT2D eigenvalue weighted by Crippen LogP contribution is -1.98. The summed E-state index contributed by atoms with van der Waals surface area (Å²) in [6.07, 6.45) is 3.45. The zero-order valence-corrected chi connectivity index (χ0v) is 12.0. The molecule has 3 rings (SSSR count). The molecule has 0 unspecified atom stereocenters. The summed E-state index contributed by atoms with van der Waals surface area (Å²) < 4.78 is 16.1. The first-order valence-electron chi connectivity index (χ1n) is 5.99. The molecule has 0 spiro atoms. The summed E-state index contributed by atoms with van der Waals surface area (Å²) in [6.45, 7) is 0. The molecule has 3 aromatic rings. The number of benzene rings is 2. The first kappa shape index (κ1) is 12.9. The highest BCUT2D eigenvalue weighted by atomic mass is 79.9. The molecule has 20 heavy (non-hydrogen) atoms. The number of halogens is 2. The second-order valence-electron chi connectivity index (χ2n) is 4.33. The number of nitrogen functional groups attached to an aromatic ring is 1. The van der Waals surface area contributed by atoms with Crippen molar-refractivity contribution in [1.82, 2.24) is 9.55 Å². The molecule has 1 heterocycles. The average molecular weight is 332 g/mol. The van der Waals surface area contributed by atoms with E-state index in [0.29, 0.717) is 0 Å². The summed E-state index contributed by atoms with van der Waals surface area (Å²) in [5.74, 6) is -0.420. The Morgan fingerprint density at radius 2 is 1.95 bits per heavy atom. The van der Waals surface area contributed by atoms with Gasteiger partial charge in [-0.05, 0) is 24.3 Å². The third kappa shape index (κ3) is 2.20. The second-order valence-corrected chi connectivity index (χ2v) is 5.19. The Hall–Kier alpha value is -2.14. The van der Waals surface area contributed by atoms with Gasteiger partial charge in [-0.1, -0.05) is 34.1 Å². The SMILES string of the molecule is Nc1cc(-n2cncc2-c2ccccc2Br)ccc1F. The lowest BCUT2D eigenvalue weighted by molar-refractivity contribution is 0.632. The first-order valence-corrected chi connectivity index (χ1v) is 6.79. The van der Waals surface area contributed by atoms with E-state index in [9.17, 15) is 4.39 Å². The molecule has 0 aliphatic heterocycles. The molecule has 0 atom stereocenters. The molecular formula is C15H11BrFN3. The number of hydrogen-bond donors (Lipinski definition) is 1. The van der Waals surface area contributed by atoms with Crippen molar-refractivity contribution in [2.75, 3.05) is 5.73 Å². The smallest absolute Gasteiger partial charge is 0.146 e. The van der Waals surface area contributed by atoms with Gasteiger partial charge < -0.3 is 5.73 Å². The van der Waals surface area contributed by atoms with Crippen molar-refractivity contribution < 1.29 is 4.39 Å². The summed E-state index contributed by atoms with van der Waals surface area (Å²) in [6, 6.07) is 12.5. The van der Waals surface area contributed by atoms with Crippen molar-refractivity contribution in [1.29, 1.82) is 0 Å². The third-order valence-electron chi connectivity index (χ3n) is 3.05. The van der Waals surface area contributed by atoms with Gasteiger partial charge in [0, 0.05) is 15.7 Å². The van der Waals surface area contributed by atoms with E-state index in [1.807, 2.05) is 28.8 Å². The maximum Gasteiger partial charge on any atom is 0.146 e. The minimum Gasteiger partial charge on any atom is -0.396 e. The summed E-state index contributed by atoms with van der Waals surface area (Å²) >= 11 is 3.52. The molecule has 1 aromatic heterocycles. The lowest BCUT2D eigenvalue weighted by Gasteiger charge is -2.10. The van der Waals surface area contributed by atoms with Crippen molar-refractivity contribution in [3.8, 4) is 16.9 Å². The van der Waals surface area contributed by atoms with Gasteiger partial charge in [0.05, 0.1) is 23.9 Å². The van der Waals surface area contributed by atoms with E-state index in [-0.39, 0.29) is 5.69 Å². The molecule has 0 amide bonds. The van der Waals surface area contributed by atoms with Crippen LogP contribution in [-0.4, -0.2) is 9.55 Å². The van der Waals surface area contributed by atoms with Crippen LogP contribution in [0.25, 0.3) is 16.9 Å². The molecule has 3 nitrogen and oxygen atoms in total. The van der Waals surface area contributed by atoms with Crippen LogP contribution in [0, 0.1) is 5.82 Å². The summed E-state index contributed by atoms with van der Waals surface area (Å²) in [7, 11) is 0. The van der Waals surface area contributed by atoms with Crippen molar-refractivity contribution in [3.05, 3.63) is 65.3 Å². The fourth-order valence-electron chi connectivity index (χ4n) is 2.05. The topological polar surface area (TPSA) is 43.8 Å². The number of nitrogens with two attached hydrogens (primary N) is 1. The summed E-state index contributed by atoms with van der Waals surface area (Å²) in [4.78, 5) is 4.18. The van der Waals surface area contributed by atoms with Gasteiger partial charge in [-0.2, -0.15) is 0 Å². The zero-order valence-electron chi connectivity index (χ0n) is 10.4. The minimum atomic E-state index is -0.420. The van der Waals surface area contributed by atoms with Gasteiger partial charge in [0.25, 0.3) is 0 Å². The third-order valence-corrected chi connectivity index (χ3v) is 3.74. The van der Waals surface area contributed by atoms with E-state index in [4.69, 9.17) is 5.73 Å². The molecular weight excluding hydrogens is 321 g/mol. The molecule has 0 radical (unpaired) electrons. The van der Waals surface area contributed by atoms with Crippen molar-refractivity contribution in [3.63, 3.8) is 0 Å². The fourth-order valence-corrected chi connectivity index (χ4v) is 2.54. The molecule has 0 aliphatic carbocycles. The van der Waals surface area contributed by atoms with E-state index in [2.05, 4.69) is 20.9 Å². The summed E-state index contributed by atoms with van der Waals surface area (Å²) in [5.41, 5.74) is 8.43. The van der Waals surface area contributed by atoms with Gasteiger partial charge in [0.1, 0.15) is 5.82 Å². The largest absolute Gasteiger partial charge is 0.396 e. The number of imidazole rings is 1. The van der Waals surface area contributed by atoms with Crippen LogP contribution in [0.1, 0.15) is 0 Å². The molecule has 2 N–H and O–H groups in total. The van der Waals surface area contributed by atoms with Crippen LogP contribution in [-0.2, 0) is 0 Å². The van der Waals surface area contributed by atoms with Crippen LogP contribution in [0.4, 0.5) is 10.1 Å². The van der Waals surface area contributed by atoms with E-state index in [1.165, 1.54) is 6.07 Å². The number of rotatable bonds is 2. The Bertz CT molecular complexity index is 767. The van der Waals surface area contributed by atoms with Crippen LogP contribution in [0.3, 0.4) is 0 Å². The van der Waals surface area contributed by atoms with Crippen LogP contribution >= 0.6 is 15.9 Å². The van der Waals surface area contributed by atoms with E-state index >= 15 is 0 Å². The Kier molecular flexibility index (Phi) is 3.28. The van der Waals surface area contributed by atoms with Crippen LogP contribution < -0.4 is 5.73 Å². The number of anilines is 1. The number of aromatic nitrogens is 2. The van der Waals surface area contributed by atoms with E-state index < -0.39 is 5.82 Å². The monoisotopic (exact) mass is 331 g/mol. The maximum atomic E-state index is 13.3. The number of hydrogen-bond acceptors (Lipinski definition) is 2. The lowest BCUT2D eigenvalue weighted by atomic mass is 10.1. The highest BCUT2D eigenvalue weighted by Crippen LogP contribution is 2.30. The Morgan fingerprint density at radius 3 is 2.70 bits per heavy atom. The first-order chi connectivity index (χ1) is 9.66. The van der Waals surface area contributed by atoms with Gasteiger partial charge in [0.2, 0.25) is 0 Å². The Balaban J connectivity index is 2.15. The standard InChI is InChI=1S/C15H11BrFN3/c16-12-4-2-1-3-11(12)15-8-19-9-20(15)10-5-6-13(17)14(18)7-10/h1-9H,18H2. The predicted octanol–water partition coefficient (Wildman–Crippen LogP) is 4.02. The molecule has 0 aliphatic rings. The average Bonchev–Trinajstić information content (AvgIpc) is 2.91. The van der Waals surface area contributed by atoms with Crippen LogP contribution in [0.15, 0.2) is 59.5 Å². The van der Waals surface area contributed by atoms with Crippen molar-refractivity contribution in [2.45, 2.75) is 0 Å². The molecule has 5 heteroatoms. The van der Waals surface area contributed by atoms with Crippen molar-refractivity contribution in [2.24, 2.45) is 0 Å². The van der Waals surface area contributed by atoms with Crippen LogP contribution in [0.5, 0.6) is 0 Å². The van der Waals surface area contributed by atoms with Gasteiger partial charge in [-0.25, -0.2) is 9.37 Å². The molecule has 2 aromatic carbocycles. The van der Waals surface area contributed by atoms with Crippen molar-refractivity contribution >= 4 is 21.6 Å². The normalized spacial score (nSPS) is 10.7. The molecule has 100 valence electrons. The van der Waals surface area contributed by atoms with Gasteiger partial charge in [-0.3, -0.25) is 4.57 Å². The Morgan fingerprint density at radius 1 is 1.15 bits per heavy atom. The maximum absolute atomic E-state index is 13.3. The second kappa shape index (κ2) is 5.09. The zero-order chi connectivity index (χ0) is 14.1. The number of nitrogens with zero attached hydrogens (tertiary/aromatic N) is 2.